The number of ether oxygens (including phenoxy) is 1. The number of rotatable bonds is 5. The van der Waals surface area contributed by atoms with Crippen molar-refractivity contribution in [3.05, 3.63) is 46.6 Å². The number of aromatic nitrogens is 1. The number of hydrogen-bond donors (Lipinski definition) is 1. The molecule has 0 fully saturated rings. The standard InChI is InChI=1S/C14H15BrN2O3S/c1-3-20-14-7-6-12(9-16-14)17-21(18,19)13-8-11(15)5-4-10(13)2/h4-9,17H,3H2,1-2H3. The fourth-order valence-corrected chi connectivity index (χ4v) is 3.58. The number of hydrogen-bond acceptors (Lipinski definition) is 4. The van der Waals surface area contributed by atoms with E-state index in [2.05, 4.69) is 25.6 Å². The number of anilines is 1. The van der Waals surface area contributed by atoms with Gasteiger partial charge in [0.1, 0.15) is 0 Å². The van der Waals surface area contributed by atoms with Gasteiger partial charge in [0.15, 0.2) is 0 Å². The van der Waals surface area contributed by atoms with E-state index in [-0.39, 0.29) is 4.90 Å². The minimum Gasteiger partial charge on any atom is -0.478 e. The summed E-state index contributed by atoms with van der Waals surface area (Å²) < 4.78 is 33.2. The Morgan fingerprint density at radius 3 is 2.67 bits per heavy atom. The first-order chi connectivity index (χ1) is 9.92. The van der Waals surface area contributed by atoms with Crippen LogP contribution < -0.4 is 9.46 Å². The van der Waals surface area contributed by atoms with Gasteiger partial charge < -0.3 is 4.74 Å². The molecule has 0 amide bonds. The molecule has 0 spiro atoms. The van der Waals surface area contributed by atoms with Crippen molar-refractivity contribution in [2.45, 2.75) is 18.7 Å². The zero-order chi connectivity index (χ0) is 15.5. The predicted molar refractivity (Wildman–Crippen MR) is 85.1 cm³/mol. The molecule has 112 valence electrons. The van der Waals surface area contributed by atoms with Crippen molar-refractivity contribution in [1.82, 2.24) is 4.98 Å². The zero-order valence-corrected chi connectivity index (χ0v) is 14.0. The molecule has 2 aromatic rings. The summed E-state index contributed by atoms with van der Waals surface area (Å²) >= 11 is 3.28. The summed E-state index contributed by atoms with van der Waals surface area (Å²) in [4.78, 5) is 4.26. The fourth-order valence-electron chi connectivity index (χ4n) is 1.75. The van der Waals surface area contributed by atoms with Gasteiger partial charge in [0, 0.05) is 10.5 Å². The third-order valence-electron chi connectivity index (χ3n) is 2.72. The molecule has 0 radical (unpaired) electrons. The molecule has 1 aromatic heterocycles. The lowest BCUT2D eigenvalue weighted by molar-refractivity contribution is 0.327. The van der Waals surface area contributed by atoms with Crippen LogP contribution in [-0.2, 0) is 10.0 Å². The average molecular weight is 371 g/mol. The highest BCUT2D eigenvalue weighted by Gasteiger charge is 2.17. The number of nitrogens with zero attached hydrogens (tertiary/aromatic N) is 1. The second kappa shape index (κ2) is 6.44. The molecule has 1 aromatic carbocycles. The lowest BCUT2D eigenvalue weighted by atomic mass is 10.2. The Labute approximate surface area is 132 Å². The molecule has 0 atom stereocenters. The minimum atomic E-state index is -3.65. The minimum absolute atomic E-state index is 0.228. The second-order valence-corrected chi connectivity index (χ2v) is 6.90. The highest BCUT2D eigenvalue weighted by molar-refractivity contribution is 9.10. The van der Waals surface area contributed by atoms with E-state index in [1.54, 1.807) is 37.3 Å². The van der Waals surface area contributed by atoms with Crippen molar-refractivity contribution in [2.75, 3.05) is 11.3 Å². The first kappa shape index (κ1) is 15.8. The van der Waals surface area contributed by atoms with Gasteiger partial charge in [-0.3, -0.25) is 4.72 Å². The highest BCUT2D eigenvalue weighted by Crippen LogP contribution is 2.23. The Bertz CT molecular complexity index is 730. The summed E-state index contributed by atoms with van der Waals surface area (Å²) in [5.41, 5.74) is 1.06. The Morgan fingerprint density at radius 1 is 1.29 bits per heavy atom. The summed E-state index contributed by atoms with van der Waals surface area (Å²) in [6.45, 7) is 4.11. The third-order valence-corrected chi connectivity index (χ3v) is 4.74. The Hall–Kier alpha value is -1.60. The number of nitrogens with one attached hydrogen (secondary N) is 1. The maximum absolute atomic E-state index is 12.4. The Kier molecular flexibility index (Phi) is 4.84. The van der Waals surface area contributed by atoms with Crippen molar-refractivity contribution in [1.29, 1.82) is 0 Å². The molecule has 0 aliphatic rings. The van der Waals surface area contributed by atoms with Gasteiger partial charge in [0.25, 0.3) is 10.0 Å². The maximum Gasteiger partial charge on any atom is 0.262 e. The Morgan fingerprint density at radius 2 is 2.05 bits per heavy atom. The van der Waals surface area contributed by atoms with Gasteiger partial charge in [-0.05, 0) is 37.6 Å². The molecule has 5 nitrogen and oxygen atoms in total. The molecule has 0 saturated carbocycles. The van der Waals surface area contributed by atoms with E-state index < -0.39 is 10.0 Å². The van der Waals surface area contributed by atoms with Crippen molar-refractivity contribution in [3.8, 4) is 5.88 Å². The topological polar surface area (TPSA) is 68.3 Å². The van der Waals surface area contributed by atoms with E-state index in [4.69, 9.17) is 4.74 Å². The van der Waals surface area contributed by atoms with E-state index in [1.165, 1.54) is 6.20 Å². The normalized spacial score (nSPS) is 11.2. The molecule has 0 bridgehead atoms. The third kappa shape index (κ3) is 3.95. The van der Waals surface area contributed by atoms with Crippen LogP contribution in [0, 0.1) is 6.92 Å². The average Bonchev–Trinajstić information content (AvgIpc) is 2.43. The molecule has 1 N–H and O–H groups in total. The van der Waals surface area contributed by atoms with Crippen LogP contribution in [0.15, 0.2) is 45.9 Å². The molecule has 7 heteroatoms. The zero-order valence-electron chi connectivity index (χ0n) is 11.6. The largest absolute Gasteiger partial charge is 0.478 e. The van der Waals surface area contributed by atoms with Crippen LogP contribution in [0.5, 0.6) is 5.88 Å². The van der Waals surface area contributed by atoms with E-state index in [1.807, 2.05) is 6.92 Å². The molecule has 1 heterocycles. The van der Waals surface area contributed by atoms with Gasteiger partial charge in [-0.1, -0.05) is 22.0 Å². The van der Waals surface area contributed by atoms with Crippen LogP contribution in [0.3, 0.4) is 0 Å². The molecule has 0 unspecified atom stereocenters. The number of halogens is 1. The summed E-state index contributed by atoms with van der Waals surface area (Å²) in [6.07, 6.45) is 1.43. The number of benzene rings is 1. The first-order valence-corrected chi connectivity index (χ1v) is 8.58. The van der Waals surface area contributed by atoms with Crippen molar-refractivity contribution in [2.24, 2.45) is 0 Å². The summed E-state index contributed by atoms with van der Waals surface area (Å²) in [6, 6.07) is 8.35. The van der Waals surface area contributed by atoms with Gasteiger partial charge in [-0.15, -0.1) is 0 Å². The van der Waals surface area contributed by atoms with Crippen molar-refractivity contribution in [3.63, 3.8) is 0 Å². The summed E-state index contributed by atoms with van der Waals surface area (Å²) in [5.74, 6) is 0.457. The molecule has 0 aliphatic carbocycles. The lowest BCUT2D eigenvalue weighted by Gasteiger charge is -2.11. The van der Waals surface area contributed by atoms with Crippen LogP contribution in [0.1, 0.15) is 12.5 Å². The van der Waals surface area contributed by atoms with E-state index in [9.17, 15) is 8.42 Å². The first-order valence-electron chi connectivity index (χ1n) is 6.30. The lowest BCUT2D eigenvalue weighted by Crippen LogP contribution is -2.14. The quantitative estimate of drug-likeness (QED) is 0.875. The maximum atomic E-state index is 12.4. The molecule has 2 rings (SSSR count). The molecule has 21 heavy (non-hydrogen) atoms. The second-order valence-electron chi connectivity index (χ2n) is 4.33. The van der Waals surface area contributed by atoms with Crippen LogP contribution in [0.2, 0.25) is 0 Å². The SMILES string of the molecule is CCOc1ccc(NS(=O)(=O)c2cc(Br)ccc2C)cn1. The van der Waals surface area contributed by atoms with E-state index in [0.717, 1.165) is 0 Å². The monoisotopic (exact) mass is 370 g/mol. The number of aryl methyl sites for hydroxylation is 1. The molecular weight excluding hydrogens is 356 g/mol. The van der Waals surface area contributed by atoms with Gasteiger partial charge in [0.2, 0.25) is 5.88 Å². The van der Waals surface area contributed by atoms with Gasteiger partial charge in [-0.2, -0.15) is 0 Å². The van der Waals surface area contributed by atoms with Gasteiger partial charge >= 0.3 is 0 Å². The summed E-state index contributed by atoms with van der Waals surface area (Å²) in [7, 11) is -3.65. The van der Waals surface area contributed by atoms with Gasteiger partial charge in [0.05, 0.1) is 23.4 Å². The van der Waals surface area contributed by atoms with E-state index >= 15 is 0 Å². The van der Waals surface area contributed by atoms with Crippen LogP contribution >= 0.6 is 15.9 Å². The Balaban J connectivity index is 2.26. The van der Waals surface area contributed by atoms with Crippen LogP contribution in [0.25, 0.3) is 0 Å². The molecule has 0 saturated heterocycles. The smallest absolute Gasteiger partial charge is 0.262 e. The van der Waals surface area contributed by atoms with Gasteiger partial charge in [-0.25, -0.2) is 13.4 Å². The number of pyridine rings is 1. The van der Waals surface area contributed by atoms with Crippen molar-refractivity contribution >= 4 is 31.6 Å². The highest BCUT2D eigenvalue weighted by atomic mass is 79.9. The summed E-state index contributed by atoms with van der Waals surface area (Å²) in [5, 5.41) is 0. The predicted octanol–water partition coefficient (Wildman–Crippen LogP) is 3.35. The van der Waals surface area contributed by atoms with Crippen LogP contribution in [-0.4, -0.2) is 20.0 Å². The number of sulfonamides is 1. The molecular formula is C14H15BrN2O3S. The van der Waals surface area contributed by atoms with E-state index in [0.29, 0.717) is 28.2 Å². The van der Waals surface area contributed by atoms with Crippen molar-refractivity contribution < 1.29 is 13.2 Å². The molecule has 0 aliphatic heterocycles. The fraction of sp³-hybridized carbons (Fsp3) is 0.214. The van der Waals surface area contributed by atoms with Crippen LogP contribution in [0.4, 0.5) is 5.69 Å².